The highest BCUT2D eigenvalue weighted by Crippen LogP contribution is 2.45. The summed E-state index contributed by atoms with van der Waals surface area (Å²) in [6.07, 6.45) is 7.15. The maximum absolute atomic E-state index is 10.7. The molecule has 0 spiro atoms. The molecule has 2 aromatic carbocycles. The largest absolute Gasteiger partial charge is 0.240 e. The third kappa shape index (κ3) is 1.95. The summed E-state index contributed by atoms with van der Waals surface area (Å²) < 4.78 is 0. The standard InChI is InChI=1S/C17H12N2O2/c1-17(2)7-6-12-15(19-10-21)8-14(18-9-20)11-4-3-5-13(17)16(11)12/h3-8H,1-2H3. The number of isocyanates is 2. The average molecular weight is 276 g/mol. The van der Waals surface area contributed by atoms with E-state index in [4.69, 9.17) is 0 Å². The van der Waals surface area contributed by atoms with Gasteiger partial charge in [-0.3, -0.25) is 0 Å². The molecule has 0 radical (unpaired) electrons. The van der Waals surface area contributed by atoms with E-state index in [2.05, 4.69) is 29.9 Å². The Bertz CT molecular complexity index is 881. The number of nitrogens with zero attached hydrogens (tertiary/aromatic N) is 2. The second-order valence-corrected chi connectivity index (χ2v) is 5.52. The molecular weight excluding hydrogens is 264 g/mol. The van der Waals surface area contributed by atoms with E-state index in [0.29, 0.717) is 11.4 Å². The number of allylic oxidation sites excluding steroid dienone is 1. The summed E-state index contributed by atoms with van der Waals surface area (Å²) in [7, 11) is 0. The van der Waals surface area contributed by atoms with Crippen LogP contribution in [0, 0.1) is 0 Å². The summed E-state index contributed by atoms with van der Waals surface area (Å²) in [5.74, 6) is 0. The third-order valence-corrected chi connectivity index (χ3v) is 3.85. The van der Waals surface area contributed by atoms with E-state index in [1.54, 1.807) is 18.2 Å². The van der Waals surface area contributed by atoms with Crippen molar-refractivity contribution in [3.8, 4) is 0 Å². The van der Waals surface area contributed by atoms with E-state index >= 15 is 0 Å². The van der Waals surface area contributed by atoms with Crippen LogP contribution in [0.5, 0.6) is 0 Å². The number of aliphatic imine (C=N–C) groups is 2. The molecule has 2 aromatic rings. The molecule has 21 heavy (non-hydrogen) atoms. The molecule has 4 nitrogen and oxygen atoms in total. The lowest BCUT2D eigenvalue weighted by molar-refractivity contribution is 0.565. The Labute approximate surface area is 121 Å². The highest BCUT2D eigenvalue weighted by molar-refractivity contribution is 6.06. The molecule has 1 aliphatic rings. The zero-order valence-corrected chi connectivity index (χ0v) is 11.7. The minimum absolute atomic E-state index is 0.141. The van der Waals surface area contributed by atoms with Gasteiger partial charge in [0.15, 0.2) is 0 Å². The van der Waals surface area contributed by atoms with Crippen LogP contribution >= 0.6 is 0 Å². The molecule has 0 saturated heterocycles. The Balaban J connectivity index is 2.56. The van der Waals surface area contributed by atoms with Gasteiger partial charge in [-0.15, -0.1) is 0 Å². The summed E-state index contributed by atoms with van der Waals surface area (Å²) in [4.78, 5) is 28.8. The van der Waals surface area contributed by atoms with Crippen molar-refractivity contribution >= 4 is 40.4 Å². The summed E-state index contributed by atoms with van der Waals surface area (Å²) in [5, 5.41) is 1.82. The van der Waals surface area contributed by atoms with Gasteiger partial charge in [-0.1, -0.05) is 44.2 Å². The van der Waals surface area contributed by atoms with Gasteiger partial charge in [-0.05, 0) is 17.0 Å². The molecule has 0 heterocycles. The monoisotopic (exact) mass is 276 g/mol. The van der Waals surface area contributed by atoms with Crippen molar-refractivity contribution in [2.75, 3.05) is 0 Å². The second kappa shape index (κ2) is 4.64. The average Bonchev–Trinajstić information content (AvgIpc) is 2.46. The van der Waals surface area contributed by atoms with Crippen LogP contribution in [-0.2, 0) is 15.0 Å². The predicted octanol–water partition coefficient (Wildman–Crippen LogP) is 4.08. The summed E-state index contributed by atoms with van der Waals surface area (Å²) >= 11 is 0. The molecule has 0 fully saturated rings. The molecule has 0 aromatic heterocycles. The number of hydrogen-bond donors (Lipinski definition) is 0. The van der Waals surface area contributed by atoms with E-state index in [-0.39, 0.29) is 5.41 Å². The number of hydrogen-bond acceptors (Lipinski definition) is 4. The van der Waals surface area contributed by atoms with Crippen LogP contribution in [0.4, 0.5) is 11.4 Å². The van der Waals surface area contributed by atoms with Crippen LogP contribution in [0.1, 0.15) is 25.0 Å². The molecule has 0 amide bonds. The normalized spacial score (nSPS) is 14.4. The van der Waals surface area contributed by atoms with E-state index < -0.39 is 0 Å². The Hall–Kier alpha value is -2.80. The fourth-order valence-electron chi connectivity index (χ4n) is 2.84. The zero-order chi connectivity index (χ0) is 15.0. The topological polar surface area (TPSA) is 58.9 Å². The zero-order valence-electron chi connectivity index (χ0n) is 11.7. The molecule has 4 heteroatoms. The first-order valence-corrected chi connectivity index (χ1v) is 6.53. The molecule has 0 aliphatic heterocycles. The van der Waals surface area contributed by atoms with Crippen molar-refractivity contribution in [1.29, 1.82) is 0 Å². The highest BCUT2D eigenvalue weighted by atomic mass is 16.1. The highest BCUT2D eigenvalue weighted by Gasteiger charge is 2.26. The van der Waals surface area contributed by atoms with Gasteiger partial charge in [0, 0.05) is 16.4 Å². The first-order valence-electron chi connectivity index (χ1n) is 6.53. The molecule has 102 valence electrons. The molecule has 0 unspecified atom stereocenters. The fraction of sp³-hybridized carbons (Fsp3) is 0.176. The van der Waals surface area contributed by atoms with Crippen molar-refractivity contribution in [2.45, 2.75) is 19.3 Å². The van der Waals surface area contributed by atoms with E-state index in [9.17, 15) is 9.59 Å². The lowest BCUT2D eigenvalue weighted by atomic mass is 9.76. The molecular formula is C17H12N2O2. The molecule has 0 saturated carbocycles. The van der Waals surface area contributed by atoms with E-state index in [1.807, 2.05) is 24.3 Å². The van der Waals surface area contributed by atoms with Crippen LogP contribution in [0.15, 0.2) is 40.3 Å². The van der Waals surface area contributed by atoms with Crippen LogP contribution in [0.2, 0.25) is 0 Å². The van der Waals surface area contributed by atoms with Crippen molar-refractivity contribution in [1.82, 2.24) is 0 Å². The van der Waals surface area contributed by atoms with Gasteiger partial charge < -0.3 is 0 Å². The van der Waals surface area contributed by atoms with Gasteiger partial charge >= 0.3 is 0 Å². The first kappa shape index (κ1) is 13.2. The molecule has 0 bridgehead atoms. The van der Waals surface area contributed by atoms with Crippen molar-refractivity contribution < 1.29 is 9.59 Å². The Kier molecular flexibility index (Phi) is 2.91. The van der Waals surface area contributed by atoms with Crippen molar-refractivity contribution in [3.05, 3.63) is 41.5 Å². The Morgan fingerprint density at radius 3 is 2.48 bits per heavy atom. The van der Waals surface area contributed by atoms with Crippen LogP contribution in [-0.4, -0.2) is 12.2 Å². The predicted molar refractivity (Wildman–Crippen MR) is 81.6 cm³/mol. The molecule has 0 atom stereocenters. The maximum Gasteiger partial charge on any atom is 0.240 e. The van der Waals surface area contributed by atoms with Gasteiger partial charge in [0.05, 0.1) is 11.4 Å². The van der Waals surface area contributed by atoms with Gasteiger partial charge in [0.1, 0.15) is 0 Å². The van der Waals surface area contributed by atoms with Crippen LogP contribution < -0.4 is 0 Å². The first-order chi connectivity index (χ1) is 10.1. The Morgan fingerprint density at radius 2 is 1.76 bits per heavy atom. The second-order valence-electron chi connectivity index (χ2n) is 5.52. The smallest absolute Gasteiger partial charge is 0.211 e. The van der Waals surface area contributed by atoms with Crippen molar-refractivity contribution in [3.63, 3.8) is 0 Å². The van der Waals surface area contributed by atoms with Gasteiger partial charge in [0.2, 0.25) is 12.2 Å². The minimum Gasteiger partial charge on any atom is -0.211 e. The summed E-state index contributed by atoms with van der Waals surface area (Å²) in [6.45, 7) is 4.22. The SMILES string of the molecule is CC1(C)C=Cc2c(N=C=O)cc(N=C=O)c3cccc1c23. The molecule has 0 N–H and O–H groups in total. The van der Waals surface area contributed by atoms with Gasteiger partial charge in [0.25, 0.3) is 0 Å². The van der Waals surface area contributed by atoms with Gasteiger partial charge in [-0.25, -0.2) is 9.59 Å². The Morgan fingerprint density at radius 1 is 1.05 bits per heavy atom. The number of benzene rings is 2. The molecule has 1 aliphatic carbocycles. The van der Waals surface area contributed by atoms with Crippen LogP contribution in [0.25, 0.3) is 16.8 Å². The van der Waals surface area contributed by atoms with Crippen LogP contribution in [0.3, 0.4) is 0 Å². The maximum atomic E-state index is 10.7. The van der Waals surface area contributed by atoms with E-state index in [0.717, 1.165) is 21.9 Å². The summed E-state index contributed by atoms with van der Waals surface area (Å²) in [6, 6.07) is 7.50. The minimum atomic E-state index is -0.141. The lowest BCUT2D eigenvalue weighted by Gasteiger charge is -2.28. The quantitative estimate of drug-likeness (QED) is 0.613. The summed E-state index contributed by atoms with van der Waals surface area (Å²) in [5.41, 5.74) is 2.75. The number of rotatable bonds is 2. The van der Waals surface area contributed by atoms with E-state index in [1.165, 1.54) is 0 Å². The molecule has 3 rings (SSSR count). The fourth-order valence-corrected chi connectivity index (χ4v) is 2.84. The third-order valence-electron chi connectivity index (χ3n) is 3.85. The lowest BCUT2D eigenvalue weighted by Crippen LogP contribution is -2.16. The van der Waals surface area contributed by atoms with Gasteiger partial charge in [-0.2, -0.15) is 9.98 Å². The van der Waals surface area contributed by atoms with Crippen molar-refractivity contribution in [2.24, 2.45) is 9.98 Å². The number of carbonyl (C=O) groups excluding carboxylic acids is 2.